The van der Waals surface area contributed by atoms with E-state index in [1.165, 1.54) is 4.90 Å². The van der Waals surface area contributed by atoms with E-state index in [1.54, 1.807) is 37.4 Å². The summed E-state index contributed by atoms with van der Waals surface area (Å²) in [5, 5.41) is 0. The fraction of sp³-hybridized carbons (Fsp3) is 0.182. The van der Waals surface area contributed by atoms with Gasteiger partial charge in [-0.3, -0.25) is 4.79 Å². The number of nitrogens with zero attached hydrogens (tertiary/aromatic N) is 1. The predicted octanol–water partition coefficient (Wildman–Crippen LogP) is 2.77. The lowest BCUT2D eigenvalue weighted by Gasteiger charge is -2.13. The average Bonchev–Trinajstić information content (AvgIpc) is 2.25. The van der Waals surface area contributed by atoms with Crippen molar-refractivity contribution in [1.29, 1.82) is 0 Å². The summed E-state index contributed by atoms with van der Waals surface area (Å²) in [6.45, 7) is 0. The second-order valence-corrected chi connectivity index (χ2v) is 3.12. The fourth-order valence-corrected chi connectivity index (χ4v) is 1.02. The van der Waals surface area contributed by atoms with Gasteiger partial charge in [-0.15, -0.1) is 0 Å². The average molecular weight is 229 g/mol. The molecule has 16 heavy (non-hydrogen) atoms. The molecule has 0 N–H and O–H groups in total. The number of alkyl halides is 3. The van der Waals surface area contributed by atoms with Gasteiger partial charge < -0.3 is 4.90 Å². The van der Waals surface area contributed by atoms with Crippen LogP contribution in [0.3, 0.4) is 0 Å². The second kappa shape index (κ2) is 4.83. The second-order valence-electron chi connectivity index (χ2n) is 3.12. The van der Waals surface area contributed by atoms with E-state index < -0.39 is 12.0 Å². The first kappa shape index (κ1) is 12.3. The quantitative estimate of drug-likeness (QED) is 0.743. The number of allylic oxidation sites excluding steroid dienone is 1. The smallest absolute Gasteiger partial charge is 0.351 e. The molecule has 1 aromatic carbocycles. The third-order valence-corrected chi connectivity index (χ3v) is 1.89. The van der Waals surface area contributed by atoms with E-state index >= 15 is 0 Å². The van der Waals surface area contributed by atoms with Crippen LogP contribution in [0.15, 0.2) is 42.6 Å². The third-order valence-electron chi connectivity index (χ3n) is 1.89. The Bertz CT molecular complexity index is 384. The van der Waals surface area contributed by atoms with Gasteiger partial charge in [0.05, 0.1) is 0 Å². The minimum atomic E-state index is -4.81. The van der Waals surface area contributed by atoms with E-state index in [0.717, 1.165) is 6.20 Å². The van der Waals surface area contributed by atoms with E-state index in [-0.39, 0.29) is 0 Å². The Labute approximate surface area is 91.0 Å². The Kier molecular flexibility index (Phi) is 3.71. The van der Waals surface area contributed by atoms with Crippen LogP contribution in [0.25, 0.3) is 0 Å². The van der Waals surface area contributed by atoms with Gasteiger partial charge in [0.1, 0.15) is 0 Å². The van der Waals surface area contributed by atoms with Gasteiger partial charge >= 0.3 is 6.18 Å². The lowest BCUT2D eigenvalue weighted by atomic mass is 10.3. The first-order valence-electron chi connectivity index (χ1n) is 4.48. The Hall–Kier alpha value is -1.78. The van der Waals surface area contributed by atoms with Gasteiger partial charge in [-0.05, 0) is 12.1 Å². The molecule has 0 atom stereocenters. The van der Waals surface area contributed by atoms with Crippen LogP contribution in [-0.2, 0) is 4.79 Å². The number of carbonyl (C=O) groups is 1. The van der Waals surface area contributed by atoms with Gasteiger partial charge in [0.2, 0.25) is 0 Å². The molecule has 1 aromatic rings. The summed E-state index contributed by atoms with van der Waals surface area (Å²) in [7, 11) is 1.56. The molecule has 0 heterocycles. The van der Waals surface area contributed by atoms with Crippen LogP contribution in [0.2, 0.25) is 0 Å². The SMILES string of the molecule is CN(/C=C/C(=O)C(F)(F)F)c1ccccc1. The highest BCUT2D eigenvalue weighted by molar-refractivity contribution is 5.94. The number of anilines is 1. The van der Waals surface area contributed by atoms with Crippen LogP contribution < -0.4 is 4.90 Å². The van der Waals surface area contributed by atoms with Crippen molar-refractivity contribution in [2.24, 2.45) is 0 Å². The number of hydrogen-bond acceptors (Lipinski definition) is 2. The van der Waals surface area contributed by atoms with Gasteiger partial charge in [-0.2, -0.15) is 13.2 Å². The normalized spacial score (nSPS) is 11.8. The molecule has 0 saturated carbocycles. The highest BCUT2D eigenvalue weighted by atomic mass is 19.4. The molecule has 0 aliphatic carbocycles. The molecule has 86 valence electrons. The lowest BCUT2D eigenvalue weighted by Crippen LogP contribution is -2.21. The number of carbonyl (C=O) groups excluding carboxylic acids is 1. The van der Waals surface area contributed by atoms with Crippen molar-refractivity contribution in [3.63, 3.8) is 0 Å². The highest BCUT2D eigenvalue weighted by Crippen LogP contribution is 2.17. The molecular formula is C11H10F3NO. The number of ketones is 1. The molecule has 0 amide bonds. The predicted molar refractivity (Wildman–Crippen MR) is 55.0 cm³/mol. The summed E-state index contributed by atoms with van der Waals surface area (Å²) in [5.74, 6) is -1.87. The molecule has 0 bridgehead atoms. The van der Waals surface area contributed by atoms with Crippen molar-refractivity contribution in [3.8, 4) is 0 Å². The van der Waals surface area contributed by atoms with Crippen molar-refractivity contribution < 1.29 is 18.0 Å². The molecule has 1 rings (SSSR count). The van der Waals surface area contributed by atoms with Crippen molar-refractivity contribution in [2.75, 3.05) is 11.9 Å². The van der Waals surface area contributed by atoms with Gasteiger partial charge in [0.25, 0.3) is 5.78 Å². The molecule has 2 nitrogen and oxygen atoms in total. The van der Waals surface area contributed by atoms with Crippen molar-refractivity contribution in [2.45, 2.75) is 6.18 Å². The summed E-state index contributed by atoms with van der Waals surface area (Å²) in [6, 6.07) is 8.75. The standard InChI is InChI=1S/C11H10F3NO/c1-15(9-5-3-2-4-6-9)8-7-10(16)11(12,13)14/h2-8H,1H3/b8-7+. The number of hydrogen-bond donors (Lipinski definition) is 0. The number of rotatable bonds is 3. The Morgan fingerprint density at radius 2 is 1.81 bits per heavy atom. The fourth-order valence-electron chi connectivity index (χ4n) is 1.02. The molecule has 0 unspecified atom stereocenters. The van der Waals surface area contributed by atoms with Crippen molar-refractivity contribution in [1.82, 2.24) is 0 Å². The van der Waals surface area contributed by atoms with Crippen LogP contribution in [-0.4, -0.2) is 19.0 Å². The summed E-state index contributed by atoms with van der Waals surface area (Å²) in [6.07, 6.45) is -3.22. The molecule has 0 aliphatic rings. The zero-order chi connectivity index (χ0) is 12.2. The summed E-state index contributed by atoms with van der Waals surface area (Å²) < 4.78 is 35.6. The maximum atomic E-state index is 11.9. The van der Waals surface area contributed by atoms with Crippen LogP contribution in [0.4, 0.5) is 18.9 Å². The molecule has 0 radical (unpaired) electrons. The van der Waals surface area contributed by atoms with Gasteiger partial charge in [-0.25, -0.2) is 0 Å². The van der Waals surface area contributed by atoms with Gasteiger partial charge in [-0.1, -0.05) is 18.2 Å². The third kappa shape index (κ3) is 3.42. The van der Waals surface area contributed by atoms with Crippen LogP contribution in [0.1, 0.15) is 0 Å². The number of halogens is 3. The van der Waals surface area contributed by atoms with Gasteiger partial charge in [0, 0.05) is 25.0 Å². The zero-order valence-corrected chi connectivity index (χ0v) is 8.53. The number of para-hydroxylation sites is 1. The Balaban J connectivity index is 2.69. The maximum Gasteiger partial charge on any atom is 0.454 e. The molecule has 0 aliphatic heterocycles. The lowest BCUT2D eigenvalue weighted by molar-refractivity contribution is -0.165. The van der Waals surface area contributed by atoms with E-state index in [4.69, 9.17) is 0 Å². The van der Waals surface area contributed by atoms with Crippen molar-refractivity contribution >= 4 is 11.5 Å². The monoisotopic (exact) mass is 229 g/mol. The molecule has 0 aromatic heterocycles. The van der Waals surface area contributed by atoms with E-state index in [9.17, 15) is 18.0 Å². The van der Waals surface area contributed by atoms with E-state index in [2.05, 4.69) is 0 Å². The van der Waals surface area contributed by atoms with E-state index in [1.807, 2.05) is 0 Å². The minimum absolute atomic E-state index is 0.507. The highest BCUT2D eigenvalue weighted by Gasteiger charge is 2.36. The molecule has 0 saturated heterocycles. The minimum Gasteiger partial charge on any atom is -0.351 e. The van der Waals surface area contributed by atoms with Crippen LogP contribution in [0.5, 0.6) is 0 Å². The number of benzene rings is 1. The molecule has 0 fully saturated rings. The topological polar surface area (TPSA) is 20.3 Å². The summed E-state index contributed by atoms with van der Waals surface area (Å²) in [5.41, 5.74) is 0.703. The summed E-state index contributed by atoms with van der Waals surface area (Å²) >= 11 is 0. The molecule has 0 spiro atoms. The molecular weight excluding hydrogens is 219 g/mol. The van der Waals surface area contributed by atoms with Crippen molar-refractivity contribution in [3.05, 3.63) is 42.6 Å². The Morgan fingerprint density at radius 3 is 2.31 bits per heavy atom. The first-order valence-corrected chi connectivity index (χ1v) is 4.48. The van der Waals surface area contributed by atoms with Gasteiger partial charge in [0.15, 0.2) is 0 Å². The summed E-state index contributed by atoms with van der Waals surface area (Å²) in [4.78, 5) is 12.0. The molecule has 5 heteroatoms. The van der Waals surface area contributed by atoms with Crippen LogP contribution >= 0.6 is 0 Å². The van der Waals surface area contributed by atoms with E-state index in [0.29, 0.717) is 11.8 Å². The van der Waals surface area contributed by atoms with Crippen LogP contribution in [0, 0.1) is 0 Å². The first-order chi connectivity index (χ1) is 7.41. The Morgan fingerprint density at radius 1 is 1.25 bits per heavy atom. The zero-order valence-electron chi connectivity index (χ0n) is 8.53. The largest absolute Gasteiger partial charge is 0.454 e. The maximum absolute atomic E-state index is 11.9.